The molecule has 1 fully saturated rings. The molecule has 6 atom stereocenters. The summed E-state index contributed by atoms with van der Waals surface area (Å²) in [5, 5.41) is 30.6. The van der Waals surface area contributed by atoms with Crippen LogP contribution in [0, 0.1) is 0 Å². The van der Waals surface area contributed by atoms with Crippen molar-refractivity contribution in [3.05, 3.63) is 0 Å². The number of hydrogen-bond donors (Lipinski definition) is 4. The Labute approximate surface area is 289 Å². The first-order valence-electron chi connectivity index (χ1n) is 18.6. The predicted octanol–water partition coefficient (Wildman–Crippen LogP) is 5.78. The molecule has 0 bridgehead atoms. The average molecular weight is 711 g/mol. The largest absolute Gasteiger partial charge is 0.462 e. The lowest BCUT2D eigenvalue weighted by Gasteiger charge is -2.40. The number of carbonyl (C=O) groups excluding carboxylic acids is 2. The van der Waals surface area contributed by atoms with Crippen LogP contribution in [0.3, 0.4) is 0 Å². The zero-order valence-electron chi connectivity index (χ0n) is 29.6. The van der Waals surface area contributed by atoms with E-state index in [4.69, 9.17) is 18.9 Å². The van der Waals surface area contributed by atoms with Crippen LogP contribution in [0.5, 0.6) is 0 Å². The fourth-order valence-corrected chi connectivity index (χ4v) is 6.43. The number of aliphatic hydroxyl groups excluding tert-OH is 3. The molecule has 1 aliphatic heterocycles. The van der Waals surface area contributed by atoms with Gasteiger partial charge in [-0.1, -0.05) is 129 Å². The van der Waals surface area contributed by atoms with Gasteiger partial charge in [-0.3, -0.25) is 14.1 Å². The van der Waals surface area contributed by atoms with Gasteiger partial charge in [0.05, 0.1) is 6.61 Å². The van der Waals surface area contributed by atoms with Crippen LogP contribution >= 0.6 is 0 Å². The van der Waals surface area contributed by atoms with Crippen LogP contribution in [0.1, 0.15) is 155 Å². The van der Waals surface area contributed by atoms with Crippen molar-refractivity contribution in [3.8, 4) is 0 Å². The molecular formula is C35H66O12S. The van der Waals surface area contributed by atoms with Crippen molar-refractivity contribution >= 4 is 22.1 Å². The molecule has 0 amide bonds. The maximum Gasteiger partial charge on any atom is 0.306 e. The van der Waals surface area contributed by atoms with Gasteiger partial charge in [-0.2, -0.15) is 8.42 Å². The van der Waals surface area contributed by atoms with Crippen molar-refractivity contribution in [3.63, 3.8) is 0 Å². The SMILES string of the molecule is CCCCCCCCCCCCCCC(=O)OC[C@H](CO[C@@H]1O[C@H](CS(=O)(=O)O)[C@@H](O)[C@H](O)[C@H]1O)OC(=O)CCCCCCCCCC. The molecular weight excluding hydrogens is 644 g/mol. The predicted molar refractivity (Wildman–Crippen MR) is 183 cm³/mol. The van der Waals surface area contributed by atoms with Gasteiger partial charge in [-0.05, 0) is 12.8 Å². The number of carbonyl (C=O) groups is 2. The van der Waals surface area contributed by atoms with E-state index in [1.54, 1.807) is 0 Å². The molecule has 0 saturated carbocycles. The molecule has 13 heteroatoms. The lowest BCUT2D eigenvalue weighted by atomic mass is 10.00. The van der Waals surface area contributed by atoms with Gasteiger partial charge in [-0.15, -0.1) is 0 Å². The van der Waals surface area contributed by atoms with E-state index < -0.39 is 71.2 Å². The van der Waals surface area contributed by atoms with Crippen molar-refractivity contribution in [2.24, 2.45) is 0 Å². The normalized spacial score (nSPS) is 22.0. The summed E-state index contributed by atoms with van der Waals surface area (Å²) in [7, 11) is -4.59. The molecule has 4 N–H and O–H groups in total. The number of hydrogen-bond acceptors (Lipinski definition) is 11. The second kappa shape index (κ2) is 27.4. The smallest absolute Gasteiger partial charge is 0.306 e. The van der Waals surface area contributed by atoms with Crippen LogP contribution in [0.25, 0.3) is 0 Å². The molecule has 0 aromatic carbocycles. The number of rotatable bonds is 30. The van der Waals surface area contributed by atoms with Gasteiger partial charge < -0.3 is 34.3 Å². The molecule has 1 aliphatic rings. The Morgan fingerprint density at radius 3 is 1.52 bits per heavy atom. The van der Waals surface area contributed by atoms with E-state index in [0.717, 1.165) is 38.5 Å². The summed E-state index contributed by atoms with van der Waals surface area (Å²) in [6.07, 6.45) is 13.3. The minimum atomic E-state index is -4.59. The van der Waals surface area contributed by atoms with Crippen LogP contribution in [0.4, 0.5) is 0 Å². The topological polar surface area (TPSA) is 186 Å². The van der Waals surface area contributed by atoms with E-state index in [1.165, 1.54) is 77.0 Å². The quantitative estimate of drug-likeness (QED) is 0.0401. The molecule has 0 radical (unpaired) electrons. The summed E-state index contributed by atoms with van der Waals surface area (Å²) in [5.41, 5.74) is 0. The third-order valence-corrected chi connectivity index (χ3v) is 9.44. The monoisotopic (exact) mass is 710 g/mol. The fraction of sp³-hybridized carbons (Fsp3) is 0.943. The summed E-state index contributed by atoms with van der Waals surface area (Å²) in [6.45, 7) is 3.69. The summed E-state index contributed by atoms with van der Waals surface area (Å²) in [4.78, 5) is 25.1. The minimum absolute atomic E-state index is 0.169. The van der Waals surface area contributed by atoms with E-state index in [9.17, 15) is 37.9 Å². The first kappa shape index (κ1) is 44.7. The van der Waals surface area contributed by atoms with Crippen molar-refractivity contribution in [2.45, 2.75) is 192 Å². The van der Waals surface area contributed by atoms with Gasteiger partial charge in [0.15, 0.2) is 12.4 Å². The number of aliphatic hydroxyl groups is 3. The molecule has 12 nitrogen and oxygen atoms in total. The summed E-state index contributed by atoms with van der Waals surface area (Å²) >= 11 is 0. The molecule has 0 aliphatic carbocycles. The summed E-state index contributed by atoms with van der Waals surface area (Å²) in [5.74, 6) is -1.98. The molecule has 1 saturated heterocycles. The van der Waals surface area contributed by atoms with Crippen molar-refractivity contribution < 1.29 is 56.8 Å². The van der Waals surface area contributed by atoms with E-state index in [2.05, 4.69) is 13.8 Å². The van der Waals surface area contributed by atoms with Crippen LogP contribution < -0.4 is 0 Å². The maximum atomic E-state index is 12.6. The van der Waals surface area contributed by atoms with E-state index in [0.29, 0.717) is 12.8 Å². The van der Waals surface area contributed by atoms with E-state index in [-0.39, 0.29) is 19.4 Å². The molecule has 0 aromatic rings. The lowest BCUT2D eigenvalue weighted by molar-refractivity contribution is -0.297. The van der Waals surface area contributed by atoms with Crippen LogP contribution in [-0.4, -0.2) is 96.0 Å². The third-order valence-electron chi connectivity index (χ3n) is 8.69. The van der Waals surface area contributed by atoms with Gasteiger partial charge >= 0.3 is 11.9 Å². The third kappa shape index (κ3) is 22.4. The Balaban J connectivity index is 2.53. The average Bonchev–Trinajstić information content (AvgIpc) is 3.04. The van der Waals surface area contributed by atoms with E-state index >= 15 is 0 Å². The first-order valence-corrected chi connectivity index (χ1v) is 20.2. The first-order chi connectivity index (χ1) is 23.0. The van der Waals surface area contributed by atoms with Crippen molar-refractivity contribution in [1.29, 1.82) is 0 Å². The Bertz CT molecular complexity index is 931. The second-order valence-electron chi connectivity index (χ2n) is 13.3. The van der Waals surface area contributed by atoms with Gasteiger partial charge in [0.25, 0.3) is 10.1 Å². The van der Waals surface area contributed by atoms with Gasteiger partial charge in [-0.25, -0.2) is 0 Å². The molecule has 1 heterocycles. The molecule has 48 heavy (non-hydrogen) atoms. The lowest BCUT2D eigenvalue weighted by Crippen LogP contribution is -2.60. The fourth-order valence-electron chi connectivity index (χ4n) is 5.73. The molecule has 0 spiro atoms. The maximum absolute atomic E-state index is 12.6. The zero-order valence-corrected chi connectivity index (χ0v) is 30.4. The highest BCUT2D eigenvalue weighted by Gasteiger charge is 2.46. The van der Waals surface area contributed by atoms with Gasteiger partial charge in [0.1, 0.15) is 36.8 Å². The van der Waals surface area contributed by atoms with Gasteiger partial charge in [0, 0.05) is 12.8 Å². The Hall–Kier alpha value is -1.35. The molecule has 284 valence electrons. The molecule has 1 rings (SSSR count). The second-order valence-corrected chi connectivity index (χ2v) is 14.8. The van der Waals surface area contributed by atoms with E-state index in [1.807, 2.05) is 0 Å². The van der Waals surface area contributed by atoms with Crippen LogP contribution in [0.2, 0.25) is 0 Å². The molecule has 0 aromatic heterocycles. The van der Waals surface area contributed by atoms with Crippen molar-refractivity contribution in [2.75, 3.05) is 19.0 Å². The highest BCUT2D eigenvalue weighted by molar-refractivity contribution is 7.85. The highest BCUT2D eigenvalue weighted by Crippen LogP contribution is 2.24. The number of ether oxygens (including phenoxy) is 4. The Morgan fingerprint density at radius 1 is 0.625 bits per heavy atom. The van der Waals surface area contributed by atoms with Crippen LogP contribution in [0.15, 0.2) is 0 Å². The Kier molecular flexibility index (Phi) is 25.5. The standard InChI is InChI=1S/C35H66O12S/c1-3-5-7-9-11-13-14-15-16-18-19-21-23-30(36)44-25-28(46-31(37)24-22-20-17-12-10-8-6-4-2)26-45-35-34(40)33(39)32(38)29(47-35)27-48(41,42)43/h28-29,32-35,38-40H,3-27H2,1-2H3,(H,41,42,43)/t28-,29-,32-,33+,34-,35-/m1/s1. The van der Waals surface area contributed by atoms with Gasteiger partial charge in [0.2, 0.25) is 0 Å². The number of unbranched alkanes of at least 4 members (excludes halogenated alkanes) is 18. The Morgan fingerprint density at radius 2 is 1.06 bits per heavy atom. The highest BCUT2D eigenvalue weighted by atomic mass is 32.2. The van der Waals surface area contributed by atoms with Crippen molar-refractivity contribution in [1.82, 2.24) is 0 Å². The minimum Gasteiger partial charge on any atom is -0.462 e. The molecule has 0 unspecified atom stereocenters. The van der Waals surface area contributed by atoms with Crippen LogP contribution in [-0.2, 0) is 38.7 Å². The number of esters is 2. The summed E-state index contributed by atoms with van der Waals surface area (Å²) < 4.78 is 53.6. The zero-order chi connectivity index (χ0) is 35.6. The summed E-state index contributed by atoms with van der Waals surface area (Å²) in [6, 6.07) is 0.